The van der Waals surface area contributed by atoms with Gasteiger partial charge in [-0.2, -0.15) is 0 Å². The summed E-state index contributed by atoms with van der Waals surface area (Å²) in [7, 11) is 0. The number of rotatable bonds is 94. The number of ether oxygens (including phenoxy) is 3. The van der Waals surface area contributed by atoms with Crippen molar-refractivity contribution in [2.24, 2.45) is 0 Å². The van der Waals surface area contributed by atoms with Gasteiger partial charge in [0.1, 0.15) is 0 Å². The van der Waals surface area contributed by atoms with Crippen LogP contribution in [-0.2, 0) is 43.0 Å². The molecule has 0 aliphatic heterocycles. The fraction of sp³-hybridized carbons (Fsp3) is 0.943. The van der Waals surface area contributed by atoms with Crippen LogP contribution in [-0.4, -0.2) is 35.8 Å². The van der Waals surface area contributed by atoms with Gasteiger partial charge in [-0.05, 0) is 38.5 Å². The van der Waals surface area contributed by atoms with Crippen LogP contribution >= 0.6 is 0 Å². The first-order chi connectivity index (χ1) is 56.6. The predicted molar refractivity (Wildman–Crippen MR) is 501 cm³/mol. The van der Waals surface area contributed by atoms with Gasteiger partial charge < -0.3 is 14.2 Å². The van der Waals surface area contributed by atoms with Gasteiger partial charge in [0, 0.05) is 38.5 Å². The van der Waals surface area contributed by atoms with E-state index >= 15 is 0 Å². The van der Waals surface area contributed by atoms with Crippen molar-refractivity contribution in [3.63, 3.8) is 0 Å². The Morgan fingerprint density at radius 2 is 0.165 bits per heavy atom. The van der Waals surface area contributed by atoms with E-state index in [1.165, 1.54) is 482 Å². The lowest BCUT2D eigenvalue weighted by atomic mass is 10.0. The molecule has 684 valence electrons. The van der Waals surface area contributed by atoms with E-state index in [2.05, 4.69) is 41.5 Å². The molecule has 0 N–H and O–H groups in total. The van der Waals surface area contributed by atoms with Crippen LogP contribution in [0.1, 0.15) is 645 Å². The molecule has 0 aromatic heterocycles. The third-order valence-corrected chi connectivity index (χ3v) is 24.1. The monoisotopic (exact) mass is 1620 g/mol. The lowest BCUT2D eigenvalue weighted by Crippen LogP contribution is -2.11. The largest absolute Gasteiger partial charge is 0.393 e. The maximum Gasteiger partial charge on any atom is 0.313 e. The quantitative estimate of drug-likeness (QED) is 0.0253. The van der Waals surface area contributed by atoms with E-state index in [-0.39, 0.29) is 35.8 Å². The summed E-state index contributed by atoms with van der Waals surface area (Å²) in [4.78, 5) is 70.8. The van der Waals surface area contributed by atoms with Crippen LogP contribution in [0.5, 0.6) is 0 Å². The van der Waals surface area contributed by atoms with Crippen LogP contribution in [0.4, 0.5) is 0 Å². The van der Waals surface area contributed by atoms with E-state index in [9.17, 15) is 28.8 Å². The molecular weight excluding hydrogens is 1420 g/mol. The minimum absolute atomic E-state index is 0.319. The van der Waals surface area contributed by atoms with Crippen LogP contribution in [0.15, 0.2) is 0 Å². The first-order valence-electron chi connectivity index (χ1n) is 52.8. The highest BCUT2D eigenvalue weighted by Crippen LogP contribution is 2.22. The highest BCUT2D eigenvalue weighted by molar-refractivity contribution is 5.86. The molecule has 0 aromatic carbocycles. The first kappa shape index (κ1) is 117. The topological polar surface area (TPSA) is 130 Å². The van der Waals surface area contributed by atoms with E-state index in [1.54, 1.807) is 0 Å². The molecule has 0 spiro atoms. The first-order valence-corrected chi connectivity index (χ1v) is 52.8. The Morgan fingerprint density at radius 3 is 0.252 bits per heavy atom. The predicted octanol–water partition coefficient (Wildman–Crippen LogP) is 37.0. The molecule has 0 aliphatic carbocycles. The van der Waals surface area contributed by atoms with E-state index in [0.717, 1.165) is 83.5 Å². The summed E-state index contributed by atoms with van der Waals surface area (Å²) in [6.07, 6.45) is 118. The van der Waals surface area contributed by atoms with E-state index in [4.69, 9.17) is 14.2 Å². The molecule has 0 fully saturated rings. The molecule has 0 bridgehead atoms. The van der Waals surface area contributed by atoms with Crippen molar-refractivity contribution < 1.29 is 43.0 Å². The fourth-order valence-corrected chi connectivity index (χ4v) is 16.2. The number of hydrogen-bond acceptors (Lipinski definition) is 9. The zero-order valence-corrected chi connectivity index (χ0v) is 79.1. The number of carbonyl (C=O) groups excluding carboxylic acids is 6. The molecule has 9 nitrogen and oxygen atoms in total. The second kappa shape index (κ2) is 107. The highest BCUT2D eigenvalue weighted by atomic mass is 16.6. The van der Waals surface area contributed by atoms with Crippen molar-refractivity contribution in [3.05, 3.63) is 0 Å². The Kier molecular flexibility index (Phi) is 109. The maximum absolute atomic E-state index is 12.0. The summed E-state index contributed by atoms with van der Waals surface area (Å²) >= 11 is 0. The Bertz CT molecular complexity index is 1900. The van der Waals surface area contributed by atoms with Gasteiger partial charge in [0.05, 0.1) is 0 Å². The molecule has 9 heteroatoms. The highest BCUT2D eigenvalue weighted by Gasteiger charge is 2.14. The standard InChI is InChI=1S/C46H90O3.C38H74O3.C22H42O3/c1-3-5-7-9-11-13-15-17-19-21-23-24-26-28-30-32-34-36-38-40-42-44-46(48)49-45(47)43-41-39-37-35-33-31-29-27-25-22-20-18-16-14-12-10-8-6-4-2;1-3-5-7-9-11-13-15-17-19-20-22-24-26-28-30-32-34-36-38(40)41-37(39)35-33-31-29-27-25-23-21-18-16-14-12-10-8-6-4-2;1-3-5-7-8-9-10-11-12-13-14-15-16-18-20-22(24)25-21(23)19-17-6-4-2/h3-44H2,1-2H3;3-36H2,1-2H3;3-20H2,1-2H3. The molecule has 115 heavy (non-hydrogen) atoms. The molecule has 0 aromatic rings. The van der Waals surface area contributed by atoms with Crippen LogP contribution in [0.3, 0.4) is 0 Å². The zero-order valence-electron chi connectivity index (χ0n) is 79.1. The van der Waals surface area contributed by atoms with E-state index in [0.29, 0.717) is 38.5 Å². The van der Waals surface area contributed by atoms with Crippen molar-refractivity contribution in [2.45, 2.75) is 645 Å². The number of carbonyl (C=O) groups is 6. The minimum Gasteiger partial charge on any atom is -0.393 e. The van der Waals surface area contributed by atoms with Gasteiger partial charge in [-0.3, -0.25) is 28.8 Å². The second-order valence-corrected chi connectivity index (χ2v) is 36.0. The third kappa shape index (κ3) is 111. The maximum atomic E-state index is 12.0. The summed E-state index contributed by atoms with van der Waals surface area (Å²) in [6.45, 7) is 13.5. The Hall–Kier alpha value is -2.58. The van der Waals surface area contributed by atoms with Crippen molar-refractivity contribution in [1.29, 1.82) is 0 Å². The average molecular weight is 1620 g/mol. The van der Waals surface area contributed by atoms with Gasteiger partial charge in [-0.25, -0.2) is 0 Å². The van der Waals surface area contributed by atoms with Crippen LogP contribution in [0.25, 0.3) is 0 Å². The second-order valence-electron chi connectivity index (χ2n) is 36.0. The molecule has 0 unspecified atom stereocenters. The lowest BCUT2D eigenvalue weighted by molar-refractivity contribution is -0.161. The molecular formula is C106H206O9. The van der Waals surface area contributed by atoms with E-state index in [1.807, 2.05) is 0 Å². The Labute approximate surface area is 719 Å². The van der Waals surface area contributed by atoms with Gasteiger partial charge in [-0.1, -0.05) is 568 Å². The van der Waals surface area contributed by atoms with Gasteiger partial charge in [0.2, 0.25) is 0 Å². The van der Waals surface area contributed by atoms with Crippen LogP contribution < -0.4 is 0 Å². The van der Waals surface area contributed by atoms with Gasteiger partial charge >= 0.3 is 35.8 Å². The van der Waals surface area contributed by atoms with Crippen molar-refractivity contribution in [2.75, 3.05) is 0 Å². The Morgan fingerprint density at radius 1 is 0.104 bits per heavy atom. The summed E-state index contributed by atoms with van der Waals surface area (Å²) < 4.78 is 14.9. The van der Waals surface area contributed by atoms with E-state index < -0.39 is 0 Å². The molecule has 0 atom stereocenters. The normalized spacial score (nSPS) is 11.2. The molecule has 0 amide bonds. The van der Waals surface area contributed by atoms with Gasteiger partial charge in [0.15, 0.2) is 0 Å². The van der Waals surface area contributed by atoms with Crippen LogP contribution in [0.2, 0.25) is 0 Å². The number of unbranched alkanes of at least 4 members (excludes halogenated alkanes) is 82. The molecule has 0 heterocycles. The SMILES string of the molecule is CCCCCCCCCCCCCCCC(=O)OC(=O)CCCCC.CCCCCCCCCCCCCCCCCCCC(=O)OC(=O)CCCCCCCCCCCCCCCCC.CCCCCCCCCCCCCCCCCCCCCCCC(=O)OC(=O)CCCCCCCCCCCCCCCCCCCCC. The molecule has 0 saturated heterocycles. The molecule has 0 radical (unpaired) electrons. The Balaban J connectivity index is -0.00000172. The van der Waals surface area contributed by atoms with Crippen molar-refractivity contribution in [1.82, 2.24) is 0 Å². The van der Waals surface area contributed by atoms with Gasteiger partial charge in [-0.15, -0.1) is 0 Å². The fourth-order valence-electron chi connectivity index (χ4n) is 16.2. The summed E-state index contributed by atoms with van der Waals surface area (Å²) in [5, 5.41) is 0. The lowest BCUT2D eigenvalue weighted by Gasteiger charge is -2.05. The zero-order chi connectivity index (χ0) is 84.1. The molecule has 0 saturated carbocycles. The van der Waals surface area contributed by atoms with Crippen molar-refractivity contribution in [3.8, 4) is 0 Å². The van der Waals surface area contributed by atoms with Crippen molar-refractivity contribution >= 4 is 35.8 Å². The minimum atomic E-state index is -0.354. The third-order valence-electron chi connectivity index (χ3n) is 24.1. The summed E-state index contributed by atoms with van der Waals surface area (Å²) in [5.41, 5.74) is 0. The summed E-state index contributed by atoms with van der Waals surface area (Å²) in [6, 6.07) is 0. The average Bonchev–Trinajstić information content (AvgIpc) is 1.02. The summed E-state index contributed by atoms with van der Waals surface area (Å²) in [5.74, 6) is -1.98. The molecule has 0 rings (SSSR count). The number of esters is 6. The van der Waals surface area contributed by atoms with Gasteiger partial charge in [0.25, 0.3) is 0 Å². The smallest absolute Gasteiger partial charge is 0.313 e. The molecule has 0 aliphatic rings. The number of hydrogen-bond donors (Lipinski definition) is 0. The van der Waals surface area contributed by atoms with Crippen LogP contribution in [0, 0.1) is 0 Å².